The number of nitrogens with zero attached hydrogens (tertiary/aromatic N) is 4. The number of carbonyl (C=O) groups excluding carboxylic acids is 1. The number of carboxylic acid groups (broad SMARTS) is 1. The van der Waals surface area contributed by atoms with E-state index in [1.807, 2.05) is 29.6 Å². The van der Waals surface area contributed by atoms with Crippen molar-refractivity contribution in [2.24, 2.45) is 5.73 Å². The highest BCUT2D eigenvalue weighted by molar-refractivity contribution is 5.90. The van der Waals surface area contributed by atoms with Crippen molar-refractivity contribution in [3.63, 3.8) is 0 Å². The van der Waals surface area contributed by atoms with E-state index in [4.69, 9.17) is 21.0 Å². The van der Waals surface area contributed by atoms with E-state index in [9.17, 15) is 9.59 Å². The number of ether oxygens (including phenoxy) is 1. The second-order valence-electron chi connectivity index (χ2n) is 8.70. The molecule has 0 radical (unpaired) electrons. The number of guanidine groups is 1. The maximum Gasteiger partial charge on any atom is 0.414 e. The molecule has 2 heterocycles. The Morgan fingerprint density at radius 1 is 1.05 bits per heavy atom. The maximum absolute atomic E-state index is 15.1. The molecule has 11 nitrogen and oxygen atoms in total. The molecule has 1 fully saturated rings. The second kappa shape index (κ2) is 12.0. The fraction of sp³-hybridized carbons (Fsp3) is 0.269. The van der Waals surface area contributed by atoms with E-state index in [1.165, 1.54) is 6.07 Å². The van der Waals surface area contributed by atoms with E-state index >= 15 is 4.39 Å². The molecule has 12 heteroatoms. The van der Waals surface area contributed by atoms with E-state index in [0.29, 0.717) is 31.0 Å². The first-order chi connectivity index (χ1) is 18.3. The number of piperazine rings is 1. The molecule has 1 aromatic heterocycles. The minimum atomic E-state index is -0.942. The Labute approximate surface area is 218 Å². The summed E-state index contributed by atoms with van der Waals surface area (Å²) in [6.07, 6.45) is 2.82. The summed E-state index contributed by atoms with van der Waals surface area (Å²) >= 11 is 0. The average molecular weight is 522 g/mol. The van der Waals surface area contributed by atoms with Gasteiger partial charge in [-0.1, -0.05) is 30.3 Å². The molecule has 0 aliphatic carbocycles. The lowest BCUT2D eigenvalue weighted by molar-refractivity contribution is -0.136. The zero-order chi connectivity index (χ0) is 27.1. The zero-order valence-electron chi connectivity index (χ0n) is 20.6. The molecule has 198 valence electrons. The lowest BCUT2D eigenvalue weighted by Crippen LogP contribution is -2.47. The van der Waals surface area contributed by atoms with Gasteiger partial charge in [-0.05, 0) is 24.1 Å². The minimum absolute atomic E-state index is 0.115. The summed E-state index contributed by atoms with van der Waals surface area (Å²) in [6.45, 7) is 2.64. The van der Waals surface area contributed by atoms with Crippen LogP contribution in [0.2, 0.25) is 0 Å². The molecule has 0 bridgehead atoms. The number of aliphatic carboxylic acids is 1. The number of nitrogens with two attached hydrogens (primary N) is 1. The van der Waals surface area contributed by atoms with Crippen LogP contribution >= 0.6 is 0 Å². The number of nitrogens with one attached hydrogen (secondary N) is 2. The molecule has 1 amide bonds. The predicted molar refractivity (Wildman–Crippen MR) is 139 cm³/mol. The second-order valence-corrected chi connectivity index (χ2v) is 8.70. The van der Waals surface area contributed by atoms with Gasteiger partial charge in [-0.3, -0.25) is 15.5 Å². The summed E-state index contributed by atoms with van der Waals surface area (Å²) in [6, 6.07) is 12.7. The van der Waals surface area contributed by atoms with E-state index in [-0.39, 0.29) is 24.2 Å². The summed E-state index contributed by atoms with van der Waals surface area (Å²) in [5.41, 5.74) is 8.09. The van der Waals surface area contributed by atoms with Crippen LogP contribution in [0, 0.1) is 11.2 Å². The van der Waals surface area contributed by atoms with Crippen LogP contribution in [0.3, 0.4) is 0 Å². The summed E-state index contributed by atoms with van der Waals surface area (Å²) < 4.78 is 20.0. The normalized spacial score (nSPS) is 13.2. The summed E-state index contributed by atoms with van der Waals surface area (Å²) in [5, 5.41) is 17.8. The molecule has 1 aliphatic heterocycles. The number of benzene rings is 2. The molecule has 5 N–H and O–H groups in total. The van der Waals surface area contributed by atoms with Gasteiger partial charge in [-0.25, -0.2) is 19.2 Å². The van der Waals surface area contributed by atoms with Crippen LogP contribution in [0.4, 0.5) is 20.8 Å². The first-order valence-electron chi connectivity index (χ1n) is 12.0. The summed E-state index contributed by atoms with van der Waals surface area (Å²) in [7, 11) is 0. The van der Waals surface area contributed by atoms with Crippen LogP contribution in [0.5, 0.6) is 0 Å². The molecule has 0 saturated carbocycles. The highest BCUT2D eigenvalue weighted by Crippen LogP contribution is 2.26. The van der Waals surface area contributed by atoms with Crippen LogP contribution in [0.1, 0.15) is 17.5 Å². The number of amides is 1. The Balaban J connectivity index is 1.34. The number of hydrogen-bond donors (Lipinski definition) is 4. The number of halogens is 1. The van der Waals surface area contributed by atoms with Crippen LogP contribution in [0.15, 0.2) is 54.9 Å². The van der Waals surface area contributed by atoms with Crippen molar-refractivity contribution in [3.8, 4) is 11.1 Å². The molecule has 0 spiro atoms. The van der Waals surface area contributed by atoms with Gasteiger partial charge in [-0.15, -0.1) is 0 Å². The smallest absolute Gasteiger partial charge is 0.414 e. The van der Waals surface area contributed by atoms with Crippen molar-refractivity contribution in [1.82, 2.24) is 15.3 Å². The monoisotopic (exact) mass is 521 g/mol. The largest absolute Gasteiger partial charge is 0.481 e. The molecule has 4 rings (SSSR count). The number of anilines is 2. The Morgan fingerprint density at radius 3 is 2.34 bits per heavy atom. The molecule has 1 saturated heterocycles. The fourth-order valence-electron chi connectivity index (χ4n) is 4.12. The van der Waals surface area contributed by atoms with Gasteiger partial charge in [0.2, 0.25) is 5.95 Å². The topological polar surface area (TPSA) is 158 Å². The van der Waals surface area contributed by atoms with Gasteiger partial charge in [0.15, 0.2) is 5.96 Å². The Bertz CT molecular complexity index is 1290. The minimum Gasteiger partial charge on any atom is -0.481 e. The van der Waals surface area contributed by atoms with E-state index in [1.54, 1.807) is 24.5 Å². The number of aromatic nitrogens is 2. The van der Waals surface area contributed by atoms with Crippen LogP contribution < -0.4 is 20.9 Å². The van der Waals surface area contributed by atoms with Crippen molar-refractivity contribution in [1.29, 1.82) is 5.41 Å². The number of carbonyl (C=O) groups is 2. The molecular formula is C26H28FN7O4. The van der Waals surface area contributed by atoms with Gasteiger partial charge < -0.3 is 25.4 Å². The maximum atomic E-state index is 15.1. The first-order valence-corrected chi connectivity index (χ1v) is 12.0. The molecule has 0 atom stereocenters. The lowest BCUT2D eigenvalue weighted by Gasteiger charge is -2.36. The standard InChI is InChI=1S/C26H28FN7O4/c27-23-18(16-38-26(37)32-24(28)29)2-1-3-21(23)19-14-30-25(31-15-19)34-12-10-33(11-13-34)20-7-4-17(5-8-20)6-9-22(35)36/h1-5,7-8,14-15H,6,9-13,16H2,(H,35,36)(H4,28,29,32,37). The van der Waals surface area contributed by atoms with Crippen LogP contribution in [0.25, 0.3) is 11.1 Å². The van der Waals surface area contributed by atoms with Crippen molar-refractivity contribution in [2.45, 2.75) is 19.4 Å². The summed E-state index contributed by atoms with van der Waals surface area (Å²) in [4.78, 5) is 35.5. The van der Waals surface area contributed by atoms with E-state index in [2.05, 4.69) is 19.8 Å². The Morgan fingerprint density at radius 2 is 1.71 bits per heavy atom. The van der Waals surface area contributed by atoms with Gasteiger partial charge in [0.1, 0.15) is 12.4 Å². The number of hydrogen-bond acceptors (Lipinski definition) is 8. The molecule has 0 unspecified atom stereocenters. The third-order valence-corrected chi connectivity index (χ3v) is 6.11. The Kier molecular flexibility index (Phi) is 8.31. The lowest BCUT2D eigenvalue weighted by atomic mass is 10.1. The van der Waals surface area contributed by atoms with Gasteiger partial charge in [-0.2, -0.15) is 0 Å². The van der Waals surface area contributed by atoms with Gasteiger partial charge in [0, 0.05) is 67.4 Å². The third-order valence-electron chi connectivity index (χ3n) is 6.11. The number of rotatable bonds is 8. The van der Waals surface area contributed by atoms with Crippen molar-refractivity contribution >= 4 is 29.7 Å². The third kappa shape index (κ3) is 6.72. The highest BCUT2D eigenvalue weighted by atomic mass is 19.1. The number of carboxylic acids is 1. The number of aryl methyl sites for hydroxylation is 1. The molecule has 38 heavy (non-hydrogen) atoms. The highest BCUT2D eigenvalue weighted by Gasteiger charge is 2.20. The molecular weight excluding hydrogens is 493 g/mol. The van der Waals surface area contributed by atoms with Gasteiger partial charge >= 0.3 is 12.1 Å². The average Bonchev–Trinajstić information content (AvgIpc) is 2.91. The van der Waals surface area contributed by atoms with Gasteiger partial charge in [0.25, 0.3) is 0 Å². The molecule has 2 aromatic carbocycles. The predicted octanol–water partition coefficient (Wildman–Crippen LogP) is 2.75. The van der Waals surface area contributed by atoms with Gasteiger partial charge in [0.05, 0.1) is 0 Å². The number of alkyl carbamates (subject to hydrolysis) is 1. The Hall–Kier alpha value is -4.74. The van der Waals surface area contributed by atoms with Crippen molar-refractivity contribution < 1.29 is 23.8 Å². The SMILES string of the molecule is N=C(N)NC(=O)OCc1cccc(-c2cnc(N3CCN(c4ccc(CCC(=O)O)cc4)CC3)nc2)c1F. The molecule has 1 aliphatic rings. The molecule has 3 aromatic rings. The van der Waals surface area contributed by atoms with Crippen LogP contribution in [-0.2, 0) is 22.6 Å². The summed E-state index contributed by atoms with van der Waals surface area (Å²) in [5.74, 6) is -1.37. The first kappa shape index (κ1) is 26.3. The quantitative estimate of drug-likeness (QED) is 0.258. The van der Waals surface area contributed by atoms with Crippen molar-refractivity contribution in [2.75, 3.05) is 36.0 Å². The van der Waals surface area contributed by atoms with Crippen molar-refractivity contribution in [3.05, 3.63) is 71.8 Å². The zero-order valence-corrected chi connectivity index (χ0v) is 20.6. The van der Waals surface area contributed by atoms with Crippen LogP contribution in [-0.4, -0.2) is 59.3 Å². The van der Waals surface area contributed by atoms with E-state index < -0.39 is 23.8 Å². The fourth-order valence-corrected chi connectivity index (χ4v) is 4.12. The van der Waals surface area contributed by atoms with E-state index in [0.717, 1.165) is 24.3 Å².